The van der Waals surface area contributed by atoms with Crippen LogP contribution in [0.4, 0.5) is 5.69 Å². The molecule has 4 aromatic carbocycles. The van der Waals surface area contributed by atoms with Crippen LogP contribution in [0.3, 0.4) is 0 Å². The predicted octanol–water partition coefficient (Wildman–Crippen LogP) is 6.49. The molecule has 0 aliphatic carbocycles. The van der Waals surface area contributed by atoms with Crippen LogP contribution < -0.4 is 10.1 Å². The van der Waals surface area contributed by atoms with Crippen molar-refractivity contribution in [2.75, 3.05) is 13.2 Å². The van der Waals surface area contributed by atoms with Gasteiger partial charge < -0.3 is 14.5 Å². The third-order valence-electron chi connectivity index (χ3n) is 6.13. The molecule has 0 fully saturated rings. The van der Waals surface area contributed by atoms with Gasteiger partial charge in [-0.2, -0.15) is 0 Å². The van der Waals surface area contributed by atoms with E-state index in [0.717, 1.165) is 27.5 Å². The summed E-state index contributed by atoms with van der Waals surface area (Å²) in [5, 5.41) is 15.8. The van der Waals surface area contributed by atoms with Crippen LogP contribution in [0.15, 0.2) is 93.8 Å². The summed E-state index contributed by atoms with van der Waals surface area (Å²) in [6.45, 7) is 0.0392. The predicted molar refractivity (Wildman–Crippen MR) is 147 cm³/mol. The minimum Gasteiger partial charge on any atom is -0.493 e. The smallest absolute Gasteiger partial charge is 0.284 e. The van der Waals surface area contributed by atoms with Crippen molar-refractivity contribution in [1.29, 1.82) is 0 Å². The van der Waals surface area contributed by atoms with Crippen LogP contribution >= 0.6 is 15.9 Å². The van der Waals surface area contributed by atoms with Crippen molar-refractivity contribution in [3.05, 3.63) is 116 Å². The van der Waals surface area contributed by atoms with E-state index in [0.29, 0.717) is 24.3 Å². The number of halogens is 1. The van der Waals surface area contributed by atoms with Gasteiger partial charge in [0.25, 0.3) is 11.6 Å². The zero-order valence-electron chi connectivity index (χ0n) is 20.0. The second-order valence-corrected chi connectivity index (χ2v) is 9.40. The molecule has 0 bridgehead atoms. The van der Waals surface area contributed by atoms with Crippen molar-refractivity contribution in [3.63, 3.8) is 0 Å². The number of amides is 1. The van der Waals surface area contributed by atoms with Crippen LogP contribution in [0.25, 0.3) is 21.9 Å². The maximum absolute atomic E-state index is 12.9. The molecule has 1 amide bonds. The highest BCUT2D eigenvalue weighted by atomic mass is 79.9. The van der Waals surface area contributed by atoms with E-state index in [2.05, 4.69) is 21.2 Å². The fourth-order valence-corrected chi connectivity index (χ4v) is 4.61. The van der Waals surface area contributed by atoms with E-state index in [9.17, 15) is 19.7 Å². The molecule has 0 saturated heterocycles. The molecule has 190 valence electrons. The van der Waals surface area contributed by atoms with Gasteiger partial charge in [-0.25, -0.2) is 0 Å². The number of nitrogens with one attached hydrogen (secondary N) is 1. The maximum Gasteiger partial charge on any atom is 0.284 e. The molecule has 8 nitrogen and oxygen atoms in total. The summed E-state index contributed by atoms with van der Waals surface area (Å²) >= 11 is 3.10. The number of nitro groups is 1. The van der Waals surface area contributed by atoms with Gasteiger partial charge >= 0.3 is 0 Å². The van der Waals surface area contributed by atoms with Crippen molar-refractivity contribution < 1.29 is 23.7 Å². The molecular weight excluding hydrogens is 552 g/mol. The molecule has 1 heterocycles. The van der Waals surface area contributed by atoms with Crippen molar-refractivity contribution in [1.82, 2.24) is 5.32 Å². The molecule has 0 unspecified atom stereocenters. The monoisotopic (exact) mass is 572 g/mol. The van der Waals surface area contributed by atoms with E-state index in [1.165, 1.54) is 18.2 Å². The lowest BCUT2D eigenvalue weighted by Crippen LogP contribution is -2.30. The Balaban J connectivity index is 1.21. The maximum atomic E-state index is 12.9. The van der Waals surface area contributed by atoms with Gasteiger partial charge in [-0.05, 0) is 57.9 Å². The number of para-hydroxylation sites is 1. The van der Waals surface area contributed by atoms with E-state index >= 15 is 0 Å². The number of rotatable bonds is 9. The number of benzene rings is 4. The highest BCUT2D eigenvalue weighted by Crippen LogP contribution is 2.31. The number of hydrogen-bond donors (Lipinski definition) is 1. The zero-order valence-corrected chi connectivity index (χ0v) is 21.6. The summed E-state index contributed by atoms with van der Waals surface area (Å²) < 4.78 is 12.1. The molecule has 5 rings (SSSR count). The van der Waals surface area contributed by atoms with E-state index < -0.39 is 16.6 Å². The number of fused-ring (bicyclic) bond motifs is 3. The number of Topliss-reactive ketones (excluding diaryl/α,β-unsaturated/α-hetero) is 1. The molecule has 0 spiro atoms. The Bertz CT molecular complexity index is 1690. The number of ketones is 1. The quantitative estimate of drug-likeness (QED) is 0.123. The van der Waals surface area contributed by atoms with E-state index in [4.69, 9.17) is 9.15 Å². The zero-order chi connectivity index (χ0) is 26.6. The molecule has 9 heteroatoms. The molecular formula is C29H21BrN2O6. The van der Waals surface area contributed by atoms with Gasteiger partial charge in [-0.1, -0.05) is 36.4 Å². The average molecular weight is 573 g/mol. The molecule has 0 aliphatic rings. The third kappa shape index (κ3) is 5.28. The van der Waals surface area contributed by atoms with Crippen LogP contribution in [0.1, 0.15) is 26.3 Å². The molecule has 5 aromatic rings. The minimum absolute atomic E-state index is 0.142. The Labute approximate surface area is 225 Å². The lowest BCUT2D eigenvalue weighted by Gasteiger charge is -2.11. The standard InChI is InChI=1S/C29H21BrN2O6/c30-24-12-9-19(15-25(24)32(35)36)26(33)17-31-29(34)21-6-2-1-5-18(21)13-14-37-20-10-11-23-22-7-3-4-8-27(22)38-28(23)16-20/h1-12,15-16H,13-14,17H2,(H,31,34). The molecule has 1 aromatic heterocycles. The van der Waals surface area contributed by atoms with Gasteiger partial charge in [0, 0.05) is 40.5 Å². The van der Waals surface area contributed by atoms with E-state index in [1.54, 1.807) is 12.1 Å². The highest BCUT2D eigenvalue weighted by Gasteiger charge is 2.18. The number of nitrogens with zero attached hydrogens (tertiary/aromatic N) is 1. The molecule has 1 N–H and O–H groups in total. The van der Waals surface area contributed by atoms with Gasteiger partial charge in [0.15, 0.2) is 5.78 Å². The second-order valence-electron chi connectivity index (χ2n) is 8.54. The first-order valence-corrected chi connectivity index (χ1v) is 12.6. The van der Waals surface area contributed by atoms with E-state index in [1.807, 2.05) is 54.6 Å². The molecule has 0 saturated carbocycles. The topological polar surface area (TPSA) is 112 Å². The van der Waals surface area contributed by atoms with Gasteiger partial charge in [0.05, 0.1) is 22.5 Å². The first-order chi connectivity index (χ1) is 18.4. The fraction of sp³-hybridized carbons (Fsp3) is 0.103. The first-order valence-electron chi connectivity index (χ1n) is 11.8. The molecule has 0 radical (unpaired) electrons. The van der Waals surface area contributed by atoms with Crippen LogP contribution in [-0.2, 0) is 6.42 Å². The summed E-state index contributed by atoms with van der Waals surface area (Å²) in [4.78, 5) is 36.0. The summed E-state index contributed by atoms with van der Waals surface area (Å²) in [5.74, 6) is -0.187. The van der Waals surface area contributed by atoms with Gasteiger partial charge in [-0.15, -0.1) is 0 Å². The van der Waals surface area contributed by atoms with Gasteiger partial charge in [0.2, 0.25) is 0 Å². The summed E-state index contributed by atoms with van der Waals surface area (Å²) in [5.41, 5.74) is 2.68. The van der Waals surface area contributed by atoms with Crippen LogP contribution in [0, 0.1) is 10.1 Å². The normalized spacial score (nSPS) is 11.0. The number of carbonyl (C=O) groups excluding carboxylic acids is 2. The molecule has 0 atom stereocenters. The Morgan fingerprint density at radius 2 is 1.68 bits per heavy atom. The highest BCUT2D eigenvalue weighted by molar-refractivity contribution is 9.10. The number of ether oxygens (including phenoxy) is 1. The Morgan fingerprint density at radius 1 is 0.921 bits per heavy atom. The Kier molecular flexibility index (Phi) is 7.19. The third-order valence-corrected chi connectivity index (χ3v) is 6.80. The average Bonchev–Trinajstić information content (AvgIpc) is 3.29. The van der Waals surface area contributed by atoms with Crippen LogP contribution in [0.2, 0.25) is 0 Å². The number of hydrogen-bond acceptors (Lipinski definition) is 6. The van der Waals surface area contributed by atoms with Crippen LogP contribution in [-0.4, -0.2) is 29.8 Å². The largest absolute Gasteiger partial charge is 0.493 e. The lowest BCUT2D eigenvalue weighted by atomic mass is 10.0. The molecule has 38 heavy (non-hydrogen) atoms. The van der Waals surface area contributed by atoms with Gasteiger partial charge in [0.1, 0.15) is 16.9 Å². The summed E-state index contributed by atoms with van der Waals surface area (Å²) in [7, 11) is 0. The van der Waals surface area contributed by atoms with Crippen molar-refractivity contribution >= 4 is 55.2 Å². The van der Waals surface area contributed by atoms with Crippen LogP contribution in [0.5, 0.6) is 5.75 Å². The van der Waals surface area contributed by atoms with Crippen molar-refractivity contribution in [2.24, 2.45) is 0 Å². The number of furan rings is 1. The van der Waals surface area contributed by atoms with E-state index in [-0.39, 0.29) is 22.3 Å². The van der Waals surface area contributed by atoms with Crippen molar-refractivity contribution in [2.45, 2.75) is 6.42 Å². The fourth-order valence-electron chi connectivity index (χ4n) is 4.22. The molecule has 0 aliphatic heterocycles. The summed E-state index contributed by atoms with van der Waals surface area (Å²) in [6, 6.07) is 24.7. The first kappa shape index (κ1) is 25.2. The van der Waals surface area contributed by atoms with Crippen molar-refractivity contribution in [3.8, 4) is 5.75 Å². The Hall–Kier alpha value is -4.50. The minimum atomic E-state index is -0.577. The number of carbonyl (C=O) groups is 2. The second kappa shape index (κ2) is 10.9. The number of nitro benzene ring substituents is 1. The summed E-state index contributed by atoms with van der Waals surface area (Å²) in [6.07, 6.45) is 0.467. The lowest BCUT2D eigenvalue weighted by molar-refractivity contribution is -0.385. The Morgan fingerprint density at radius 3 is 2.53 bits per heavy atom. The van der Waals surface area contributed by atoms with Gasteiger partial charge in [-0.3, -0.25) is 19.7 Å². The SMILES string of the molecule is O=C(CNC(=O)c1ccccc1CCOc1ccc2c(c1)oc1ccccc12)c1ccc(Br)c([N+](=O)[O-])c1.